The van der Waals surface area contributed by atoms with Crippen molar-refractivity contribution >= 4 is 22.3 Å². The molecule has 4 heteroatoms. The summed E-state index contributed by atoms with van der Waals surface area (Å²) < 4.78 is 4.00. The quantitative estimate of drug-likeness (QED) is 0.732. The zero-order chi connectivity index (χ0) is 9.14. The minimum atomic E-state index is 0.0167. The third kappa shape index (κ3) is 2.30. The van der Waals surface area contributed by atoms with Gasteiger partial charge in [0.05, 0.1) is 0 Å². The Morgan fingerprint density at radius 3 is 2.75 bits per heavy atom. The third-order valence-electron chi connectivity index (χ3n) is 1.30. The number of aromatic nitrogens is 1. The van der Waals surface area contributed by atoms with Gasteiger partial charge in [0.2, 0.25) is 0 Å². The molecule has 0 saturated carbocycles. The molecule has 1 aromatic heterocycles. The maximum Gasteiger partial charge on any atom is 0.179 e. The van der Waals surface area contributed by atoms with E-state index in [1.54, 1.807) is 6.07 Å². The van der Waals surface area contributed by atoms with Gasteiger partial charge in [0.15, 0.2) is 5.78 Å². The number of hydrogen-bond donors (Lipinski definition) is 1. The van der Waals surface area contributed by atoms with Gasteiger partial charge in [-0.25, -0.2) is 0 Å². The first-order valence-corrected chi connectivity index (χ1v) is 4.61. The molecular weight excluding hydrogens is 172 g/mol. The summed E-state index contributed by atoms with van der Waals surface area (Å²) >= 11 is 1.32. The summed E-state index contributed by atoms with van der Waals surface area (Å²) in [6, 6.07) is 2.16. The summed E-state index contributed by atoms with van der Waals surface area (Å²) in [5.41, 5.74) is 0.545. The zero-order valence-corrected chi connectivity index (χ0v) is 8.23. The number of carbonyl (C=O) groups is 1. The van der Waals surface area contributed by atoms with Crippen molar-refractivity contribution in [3.63, 3.8) is 0 Å². The Morgan fingerprint density at radius 2 is 2.33 bits per heavy atom. The van der Waals surface area contributed by atoms with E-state index < -0.39 is 0 Å². The highest BCUT2D eigenvalue weighted by molar-refractivity contribution is 7.10. The summed E-state index contributed by atoms with van der Waals surface area (Å²) in [5.74, 6) is 0.0167. The molecule has 0 fully saturated rings. The van der Waals surface area contributed by atoms with Crippen molar-refractivity contribution in [1.82, 2.24) is 4.37 Å². The van der Waals surface area contributed by atoms with Gasteiger partial charge in [-0.05, 0) is 25.4 Å². The average molecular weight is 184 g/mol. The molecule has 1 heterocycles. The fourth-order valence-electron chi connectivity index (χ4n) is 0.794. The number of nitrogens with one attached hydrogen (secondary N) is 1. The summed E-state index contributed by atoms with van der Waals surface area (Å²) in [6.07, 6.45) is 0. The van der Waals surface area contributed by atoms with Crippen LogP contribution < -0.4 is 5.32 Å². The van der Waals surface area contributed by atoms with Crippen LogP contribution in [0.5, 0.6) is 0 Å². The largest absolute Gasteiger partial charge is 0.373 e. The van der Waals surface area contributed by atoms with Crippen LogP contribution in [0.3, 0.4) is 0 Å². The van der Waals surface area contributed by atoms with Crippen LogP contribution in [0.15, 0.2) is 6.07 Å². The second-order valence-electron chi connectivity index (χ2n) is 2.93. The molecule has 0 atom stereocenters. The van der Waals surface area contributed by atoms with Gasteiger partial charge in [-0.1, -0.05) is 0 Å². The lowest BCUT2D eigenvalue weighted by Gasteiger charge is -2.04. The van der Waals surface area contributed by atoms with Crippen molar-refractivity contribution in [2.24, 2.45) is 0 Å². The van der Waals surface area contributed by atoms with Crippen molar-refractivity contribution in [1.29, 1.82) is 0 Å². The van der Waals surface area contributed by atoms with Crippen LogP contribution in [0.2, 0.25) is 0 Å². The third-order valence-corrected chi connectivity index (χ3v) is 2.02. The predicted octanol–water partition coefficient (Wildman–Crippen LogP) is 2.17. The molecule has 3 nitrogen and oxygen atoms in total. The van der Waals surface area contributed by atoms with E-state index in [4.69, 9.17) is 0 Å². The monoisotopic (exact) mass is 184 g/mol. The number of rotatable bonds is 3. The number of anilines is 1. The van der Waals surface area contributed by atoms with E-state index in [-0.39, 0.29) is 5.78 Å². The van der Waals surface area contributed by atoms with E-state index in [0.717, 1.165) is 5.00 Å². The van der Waals surface area contributed by atoms with E-state index in [0.29, 0.717) is 11.7 Å². The Hall–Kier alpha value is -0.900. The molecule has 1 N–H and O–H groups in total. The predicted molar refractivity (Wildman–Crippen MR) is 50.9 cm³/mol. The lowest BCUT2D eigenvalue weighted by molar-refractivity contribution is 0.101. The van der Waals surface area contributed by atoms with Gasteiger partial charge in [-0.15, -0.1) is 0 Å². The van der Waals surface area contributed by atoms with E-state index in [1.807, 2.05) is 13.8 Å². The van der Waals surface area contributed by atoms with Gasteiger partial charge in [0, 0.05) is 19.0 Å². The highest BCUT2D eigenvalue weighted by Gasteiger charge is 2.05. The van der Waals surface area contributed by atoms with Gasteiger partial charge in [0.25, 0.3) is 0 Å². The van der Waals surface area contributed by atoms with E-state index in [9.17, 15) is 4.79 Å². The Bertz CT molecular complexity index is 280. The zero-order valence-electron chi connectivity index (χ0n) is 7.42. The van der Waals surface area contributed by atoms with Gasteiger partial charge >= 0.3 is 0 Å². The standard InChI is InChI=1S/C8H12N2OS/c1-5(2)9-8-4-7(6(3)11)10-12-8/h4-5,9H,1-3H3. The van der Waals surface area contributed by atoms with Crippen LogP contribution in [-0.4, -0.2) is 16.2 Å². The first-order chi connectivity index (χ1) is 5.59. The molecule has 0 aromatic carbocycles. The maximum absolute atomic E-state index is 10.9. The highest BCUT2D eigenvalue weighted by Crippen LogP contribution is 2.17. The number of nitrogens with zero attached hydrogens (tertiary/aromatic N) is 1. The number of ketones is 1. The second-order valence-corrected chi connectivity index (χ2v) is 3.74. The van der Waals surface area contributed by atoms with E-state index >= 15 is 0 Å². The topological polar surface area (TPSA) is 42.0 Å². The Kier molecular flexibility index (Phi) is 2.81. The smallest absolute Gasteiger partial charge is 0.179 e. The first kappa shape index (κ1) is 9.19. The van der Waals surface area contributed by atoms with Crippen LogP contribution in [0.1, 0.15) is 31.3 Å². The summed E-state index contributed by atoms with van der Waals surface area (Å²) in [5, 5.41) is 4.14. The Balaban J connectivity index is 2.71. The van der Waals surface area contributed by atoms with Crippen LogP contribution in [0.25, 0.3) is 0 Å². The normalized spacial score (nSPS) is 10.3. The van der Waals surface area contributed by atoms with Crippen molar-refractivity contribution in [2.75, 3.05) is 5.32 Å². The molecule has 0 unspecified atom stereocenters. The maximum atomic E-state index is 10.9. The lowest BCUT2D eigenvalue weighted by Crippen LogP contribution is -2.07. The molecule has 0 bridgehead atoms. The number of carbonyl (C=O) groups excluding carboxylic acids is 1. The van der Waals surface area contributed by atoms with Crippen molar-refractivity contribution in [3.8, 4) is 0 Å². The molecule has 12 heavy (non-hydrogen) atoms. The molecule has 0 spiro atoms. The summed E-state index contributed by atoms with van der Waals surface area (Å²) in [4.78, 5) is 10.9. The van der Waals surface area contributed by atoms with Crippen molar-refractivity contribution in [3.05, 3.63) is 11.8 Å². The van der Waals surface area contributed by atoms with E-state index in [2.05, 4.69) is 9.69 Å². The Labute approximate surface area is 76.0 Å². The van der Waals surface area contributed by atoms with Gasteiger partial charge < -0.3 is 5.32 Å². The number of Topliss-reactive ketones (excluding diaryl/α,β-unsaturated/α-hetero) is 1. The van der Waals surface area contributed by atoms with Crippen LogP contribution in [0, 0.1) is 0 Å². The number of hydrogen-bond acceptors (Lipinski definition) is 4. The molecule has 0 aliphatic heterocycles. The van der Waals surface area contributed by atoms with Crippen LogP contribution in [-0.2, 0) is 0 Å². The molecular formula is C8H12N2OS. The fraction of sp³-hybridized carbons (Fsp3) is 0.500. The fourth-order valence-corrected chi connectivity index (χ4v) is 1.62. The molecule has 1 aromatic rings. The molecule has 0 amide bonds. The van der Waals surface area contributed by atoms with Crippen molar-refractivity contribution in [2.45, 2.75) is 26.8 Å². The van der Waals surface area contributed by atoms with Gasteiger partial charge in [-0.2, -0.15) is 4.37 Å². The van der Waals surface area contributed by atoms with Gasteiger partial charge in [-0.3, -0.25) is 4.79 Å². The minimum Gasteiger partial charge on any atom is -0.373 e. The minimum absolute atomic E-state index is 0.0167. The molecule has 1 rings (SSSR count). The molecule has 0 aliphatic rings. The summed E-state index contributed by atoms with van der Waals surface area (Å²) in [7, 11) is 0. The molecule has 0 saturated heterocycles. The SMILES string of the molecule is CC(=O)c1cc(NC(C)C)sn1. The Morgan fingerprint density at radius 1 is 1.67 bits per heavy atom. The highest BCUT2D eigenvalue weighted by atomic mass is 32.1. The van der Waals surface area contributed by atoms with E-state index in [1.165, 1.54) is 18.5 Å². The molecule has 0 radical (unpaired) electrons. The van der Waals surface area contributed by atoms with Crippen molar-refractivity contribution < 1.29 is 4.79 Å². The molecule has 0 aliphatic carbocycles. The van der Waals surface area contributed by atoms with Crippen LogP contribution >= 0.6 is 11.5 Å². The average Bonchev–Trinajstić information content (AvgIpc) is 2.34. The first-order valence-electron chi connectivity index (χ1n) is 3.84. The van der Waals surface area contributed by atoms with Gasteiger partial charge in [0.1, 0.15) is 10.7 Å². The van der Waals surface area contributed by atoms with Crippen LogP contribution in [0.4, 0.5) is 5.00 Å². The summed E-state index contributed by atoms with van der Waals surface area (Å²) in [6.45, 7) is 5.62. The second kappa shape index (κ2) is 3.67. The molecule has 66 valence electrons. The lowest BCUT2D eigenvalue weighted by atomic mass is 10.3.